The van der Waals surface area contributed by atoms with Gasteiger partial charge in [-0.2, -0.15) is 0 Å². The number of hydrogen-bond acceptors (Lipinski definition) is 1. The summed E-state index contributed by atoms with van der Waals surface area (Å²) in [5.74, 6) is 1.61. The van der Waals surface area contributed by atoms with Crippen LogP contribution in [0.1, 0.15) is 76.3 Å². The van der Waals surface area contributed by atoms with Gasteiger partial charge in [-0.1, -0.05) is 64.3 Å². The van der Waals surface area contributed by atoms with Gasteiger partial charge in [0.1, 0.15) is 0 Å². The normalized spacial score (nSPS) is 23.8. The maximum Gasteiger partial charge on any atom is 0.0208 e. The largest absolute Gasteiger partial charge is 0.310 e. The molecule has 1 aliphatic rings. The number of rotatable bonds is 5. The van der Waals surface area contributed by atoms with Gasteiger partial charge in [-0.25, -0.2) is 0 Å². The van der Waals surface area contributed by atoms with Crippen LogP contribution in [0.3, 0.4) is 0 Å². The van der Waals surface area contributed by atoms with Crippen molar-refractivity contribution in [1.29, 1.82) is 0 Å². The molecule has 20 heavy (non-hydrogen) atoms. The molecule has 112 valence electrons. The van der Waals surface area contributed by atoms with E-state index in [1.165, 1.54) is 49.7 Å². The first-order chi connectivity index (χ1) is 9.69. The lowest BCUT2D eigenvalue weighted by molar-refractivity contribution is 0.425. The van der Waals surface area contributed by atoms with Crippen LogP contribution in [0.4, 0.5) is 0 Å². The quantitative estimate of drug-likeness (QED) is 0.722. The van der Waals surface area contributed by atoms with Crippen LogP contribution < -0.4 is 5.32 Å². The SMILES string of the molecule is CCC1CCCC(NCc2ccc(C(C)C)cc2)CC1. The maximum absolute atomic E-state index is 3.77. The molecule has 0 aliphatic heterocycles. The Morgan fingerprint density at radius 3 is 2.45 bits per heavy atom. The van der Waals surface area contributed by atoms with E-state index in [1.54, 1.807) is 0 Å². The van der Waals surface area contributed by atoms with Gasteiger partial charge in [0.05, 0.1) is 0 Å². The predicted octanol–water partition coefficient (Wildman–Crippen LogP) is 5.26. The second-order valence-electron chi connectivity index (χ2n) is 6.76. The molecule has 0 bridgehead atoms. The lowest BCUT2D eigenvalue weighted by Crippen LogP contribution is -2.27. The van der Waals surface area contributed by atoms with Gasteiger partial charge in [0, 0.05) is 12.6 Å². The molecule has 1 saturated carbocycles. The summed E-state index contributed by atoms with van der Waals surface area (Å²) in [6, 6.07) is 9.86. The molecule has 2 unspecified atom stereocenters. The van der Waals surface area contributed by atoms with Crippen molar-refractivity contribution in [3.8, 4) is 0 Å². The van der Waals surface area contributed by atoms with Gasteiger partial charge in [0.25, 0.3) is 0 Å². The molecule has 2 rings (SSSR count). The summed E-state index contributed by atoms with van der Waals surface area (Å²) in [5.41, 5.74) is 2.86. The summed E-state index contributed by atoms with van der Waals surface area (Å²) in [6.07, 6.45) is 8.35. The highest BCUT2D eigenvalue weighted by Gasteiger charge is 2.17. The predicted molar refractivity (Wildman–Crippen MR) is 88.0 cm³/mol. The molecular weight excluding hydrogens is 242 g/mol. The molecule has 1 aromatic carbocycles. The summed E-state index contributed by atoms with van der Waals surface area (Å²) in [6.45, 7) is 7.88. The molecule has 1 nitrogen and oxygen atoms in total. The third kappa shape index (κ3) is 4.63. The zero-order valence-electron chi connectivity index (χ0n) is 13.5. The topological polar surface area (TPSA) is 12.0 Å². The molecule has 1 fully saturated rings. The van der Waals surface area contributed by atoms with Gasteiger partial charge in [0.2, 0.25) is 0 Å². The highest BCUT2D eigenvalue weighted by molar-refractivity contribution is 5.24. The van der Waals surface area contributed by atoms with Gasteiger partial charge in [0.15, 0.2) is 0 Å². The first-order valence-electron chi connectivity index (χ1n) is 8.51. The molecule has 0 amide bonds. The molecule has 0 heterocycles. The van der Waals surface area contributed by atoms with Crippen LogP contribution in [0.5, 0.6) is 0 Å². The van der Waals surface area contributed by atoms with Gasteiger partial charge in [-0.3, -0.25) is 0 Å². The van der Waals surface area contributed by atoms with Crippen molar-refractivity contribution in [2.45, 2.75) is 77.8 Å². The number of hydrogen-bond donors (Lipinski definition) is 1. The first-order valence-corrected chi connectivity index (χ1v) is 8.51. The molecular formula is C19H31N. The molecule has 0 radical (unpaired) electrons. The monoisotopic (exact) mass is 273 g/mol. The molecule has 2 atom stereocenters. The molecule has 1 N–H and O–H groups in total. The minimum atomic E-state index is 0.629. The summed E-state index contributed by atoms with van der Waals surface area (Å²) < 4.78 is 0. The van der Waals surface area contributed by atoms with Crippen molar-refractivity contribution >= 4 is 0 Å². The Kier molecular flexibility index (Phi) is 6.09. The lowest BCUT2D eigenvalue weighted by atomic mass is 9.98. The van der Waals surface area contributed by atoms with Crippen molar-refractivity contribution in [3.05, 3.63) is 35.4 Å². The highest BCUT2D eigenvalue weighted by Crippen LogP contribution is 2.25. The Morgan fingerprint density at radius 2 is 1.80 bits per heavy atom. The van der Waals surface area contributed by atoms with Crippen molar-refractivity contribution < 1.29 is 0 Å². The van der Waals surface area contributed by atoms with Crippen LogP contribution >= 0.6 is 0 Å². The number of nitrogens with one attached hydrogen (secondary N) is 1. The molecule has 0 saturated heterocycles. The third-order valence-electron chi connectivity index (χ3n) is 4.91. The van der Waals surface area contributed by atoms with Crippen LogP contribution in [-0.4, -0.2) is 6.04 Å². The van der Waals surface area contributed by atoms with Crippen LogP contribution in [0.25, 0.3) is 0 Å². The van der Waals surface area contributed by atoms with Gasteiger partial charge in [-0.15, -0.1) is 0 Å². The second-order valence-corrected chi connectivity index (χ2v) is 6.76. The summed E-state index contributed by atoms with van der Waals surface area (Å²) in [5, 5.41) is 3.77. The third-order valence-corrected chi connectivity index (χ3v) is 4.91. The fourth-order valence-corrected chi connectivity index (χ4v) is 3.27. The van der Waals surface area contributed by atoms with E-state index in [1.807, 2.05) is 0 Å². The maximum atomic E-state index is 3.77. The zero-order chi connectivity index (χ0) is 14.4. The highest BCUT2D eigenvalue weighted by atomic mass is 14.9. The van der Waals surface area contributed by atoms with Crippen LogP contribution in [0.15, 0.2) is 24.3 Å². The fourth-order valence-electron chi connectivity index (χ4n) is 3.27. The van der Waals surface area contributed by atoms with E-state index >= 15 is 0 Å². The molecule has 0 spiro atoms. The Balaban J connectivity index is 1.79. The van der Waals surface area contributed by atoms with E-state index in [2.05, 4.69) is 50.4 Å². The Morgan fingerprint density at radius 1 is 1.05 bits per heavy atom. The van der Waals surface area contributed by atoms with E-state index in [9.17, 15) is 0 Å². The van der Waals surface area contributed by atoms with Crippen LogP contribution in [-0.2, 0) is 6.54 Å². The Hall–Kier alpha value is -0.820. The minimum Gasteiger partial charge on any atom is -0.310 e. The number of benzene rings is 1. The van der Waals surface area contributed by atoms with Gasteiger partial charge in [-0.05, 0) is 42.2 Å². The minimum absolute atomic E-state index is 0.629. The van der Waals surface area contributed by atoms with Gasteiger partial charge < -0.3 is 5.32 Å². The van der Waals surface area contributed by atoms with E-state index in [0.29, 0.717) is 5.92 Å². The summed E-state index contributed by atoms with van der Waals surface area (Å²) in [7, 11) is 0. The van der Waals surface area contributed by atoms with E-state index in [-0.39, 0.29) is 0 Å². The molecule has 1 aromatic rings. The van der Waals surface area contributed by atoms with Crippen LogP contribution in [0, 0.1) is 5.92 Å². The first kappa shape index (κ1) is 15.6. The fraction of sp³-hybridized carbons (Fsp3) is 0.684. The second kappa shape index (κ2) is 7.83. The Bertz CT molecular complexity index is 379. The van der Waals surface area contributed by atoms with Crippen molar-refractivity contribution in [2.75, 3.05) is 0 Å². The molecule has 0 aromatic heterocycles. The van der Waals surface area contributed by atoms with Crippen molar-refractivity contribution in [1.82, 2.24) is 5.32 Å². The van der Waals surface area contributed by atoms with E-state index in [0.717, 1.165) is 18.5 Å². The molecule has 1 heteroatoms. The lowest BCUT2D eigenvalue weighted by Gasteiger charge is -2.17. The summed E-state index contributed by atoms with van der Waals surface area (Å²) in [4.78, 5) is 0. The summed E-state index contributed by atoms with van der Waals surface area (Å²) >= 11 is 0. The average molecular weight is 273 g/mol. The van der Waals surface area contributed by atoms with Crippen molar-refractivity contribution in [3.63, 3.8) is 0 Å². The van der Waals surface area contributed by atoms with Crippen LogP contribution in [0.2, 0.25) is 0 Å². The van der Waals surface area contributed by atoms with Crippen molar-refractivity contribution in [2.24, 2.45) is 5.92 Å². The van der Waals surface area contributed by atoms with E-state index in [4.69, 9.17) is 0 Å². The Labute approximate surface area is 125 Å². The zero-order valence-corrected chi connectivity index (χ0v) is 13.5. The standard InChI is InChI=1S/C19H31N/c1-4-16-6-5-7-19(13-10-16)20-14-17-8-11-18(12-9-17)15(2)3/h8-9,11-12,15-16,19-20H,4-7,10,13-14H2,1-3H3. The molecule has 1 aliphatic carbocycles. The average Bonchev–Trinajstić information content (AvgIpc) is 2.70. The smallest absolute Gasteiger partial charge is 0.0208 e. The van der Waals surface area contributed by atoms with Gasteiger partial charge >= 0.3 is 0 Å². The van der Waals surface area contributed by atoms with E-state index < -0.39 is 0 Å².